The molecule has 28 heavy (non-hydrogen) atoms. The quantitative estimate of drug-likeness (QED) is 0.226. The molecule has 2 atom stereocenters. The van der Waals surface area contributed by atoms with Gasteiger partial charge in [-0.15, -0.1) is 0 Å². The molecule has 1 aromatic carbocycles. The Bertz CT molecular complexity index is 583. The van der Waals surface area contributed by atoms with Crippen molar-refractivity contribution in [2.24, 2.45) is 0 Å². The highest BCUT2D eigenvalue weighted by Gasteiger charge is 2.48. The Labute approximate surface area is 175 Å². The Morgan fingerprint density at radius 2 is 1.79 bits per heavy atom. The van der Waals surface area contributed by atoms with Crippen LogP contribution in [0.3, 0.4) is 0 Å². The van der Waals surface area contributed by atoms with Gasteiger partial charge in [0.05, 0.1) is 12.6 Å². The first-order chi connectivity index (χ1) is 13.8. The van der Waals surface area contributed by atoms with Gasteiger partial charge in [0, 0.05) is 24.9 Å². The molecule has 0 bridgehead atoms. The van der Waals surface area contributed by atoms with Crippen LogP contribution >= 0.6 is 0 Å². The molecular weight excluding hydrogens is 368 g/mol. The Morgan fingerprint density at radius 3 is 2.54 bits per heavy atom. The molecule has 2 saturated heterocycles. The van der Waals surface area contributed by atoms with Crippen LogP contribution in [0.25, 0.3) is 0 Å². The Morgan fingerprint density at radius 1 is 1.07 bits per heavy atom. The number of carbonyl (C=O) groups excluding carboxylic acids is 1. The third-order valence-corrected chi connectivity index (χ3v) is 7.28. The summed E-state index contributed by atoms with van der Waals surface area (Å²) < 4.78 is 5.58. The molecule has 2 fully saturated rings. The molecule has 1 aromatic rings. The lowest BCUT2D eigenvalue weighted by Gasteiger charge is -2.24. The van der Waals surface area contributed by atoms with E-state index < -0.39 is 0 Å². The highest BCUT2D eigenvalue weighted by atomic mass is 32.2. The van der Waals surface area contributed by atoms with Crippen molar-refractivity contribution in [3.63, 3.8) is 0 Å². The fourth-order valence-electron chi connectivity index (χ4n) is 4.30. The predicted molar refractivity (Wildman–Crippen MR) is 118 cm³/mol. The lowest BCUT2D eigenvalue weighted by atomic mass is 10.1. The third kappa shape index (κ3) is 6.23. The minimum Gasteiger partial charge on any atom is -0.465 e. The Kier molecular flexibility index (Phi) is 9.16. The molecule has 0 aromatic heterocycles. The maximum absolute atomic E-state index is 12.5. The van der Waals surface area contributed by atoms with E-state index in [1.807, 2.05) is 0 Å². The van der Waals surface area contributed by atoms with Crippen LogP contribution in [-0.2, 0) is 21.3 Å². The molecule has 3 rings (SSSR count). The summed E-state index contributed by atoms with van der Waals surface area (Å²) in [5.41, 5.74) is 1.68. The minimum atomic E-state index is -0.0622. The molecule has 2 aliphatic heterocycles. The fourth-order valence-corrected chi connectivity index (χ4v) is 5.80. The van der Waals surface area contributed by atoms with Gasteiger partial charge in [0.25, 0.3) is 0 Å². The number of esters is 1. The molecule has 0 amide bonds. The van der Waals surface area contributed by atoms with Crippen molar-refractivity contribution in [3.8, 4) is 0 Å². The van der Waals surface area contributed by atoms with Gasteiger partial charge < -0.3 is 4.74 Å². The second-order valence-corrected chi connectivity index (χ2v) is 9.32. The summed E-state index contributed by atoms with van der Waals surface area (Å²) in [5.74, 6) is 1.14. The van der Waals surface area contributed by atoms with Crippen LogP contribution < -0.4 is 0 Å². The number of nitrogens with zero attached hydrogens (tertiary/aromatic N) is 2. The number of ether oxygens (including phenoxy) is 1. The van der Waals surface area contributed by atoms with Crippen molar-refractivity contribution in [3.05, 3.63) is 35.9 Å². The van der Waals surface area contributed by atoms with Crippen LogP contribution in [0.2, 0.25) is 0 Å². The van der Waals surface area contributed by atoms with Crippen molar-refractivity contribution in [2.75, 3.05) is 32.0 Å². The smallest absolute Gasteiger partial charge is 0.320 e. The minimum absolute atomic E-state index is 0.0622. The van der Waals surface area contributed by atoms with Crippen molar-refractivity contribution < 1.29 is 9.53 Å². The normalized spacial score (nSPS) is 22.5. The van der Waals surface area contributed by atoms with Crippen LogP contribution in [0, 0.1) is 0 Å². The van der Waals surface area contributed by atoms with Crippen LogP contribution in [0.1, 0.15) is 69.9 Å². The maximum Gasteiger partial charge on any atom is 0.320 e. The summed E-state index contributed by atoms with van der Waals surface area (Å²) in [4.78, 5) is 17.4. The molecule has 2 unspecified atom stereocenters. The summed E-state index contributed by atoms with van der Waals surface area (Å²) in [6, 6.07) is 10.9. The van der Waals surface area contributed by atoms with E-state index in [4.69, 9.17) is 4.74 Å². The molecule has 0 N–H and O–H groups in total. The van der Waals surface area contributed by atoms with E-state index in [0.29, 0.717) is 24.7 Å². The lowest BCUT2D eigenvalue weighted by molar-refractivity contribution is -0.145. The number of hydrogen-bond donors (Lipinski definition) is 0. The summed E-state index contributed by atoms with van der Waals surface area (Å²) in [6.07, 6.45) is 10.1. The number of hydrogen-bond acceptors (Lipinski definition) is 4. The first kappa shape index (κ1) is 21.7. The SMILES string of the molecule is CCCCCCCCCCOC(=O)CN1C(c2ccccc2)CN2CC[SH+]C21. The molecule has 4 nitrogen and oxygen atoms in total. The van der Waals surface area contributed by atoms with E-state index in [0.717, 1.165) is 19.5 Å². The van der Waals surface area contributed by atoms with Crippen LogP contribution in [0.5, 0.6) is 0 Å². The standard InChI is InChI=1S/C23H36N2O2S/c1-2-3-4-5-6-7-8-12-16-27-22(26)19-25-21(20-13-10-9-11-14-20)18-24-15-17-28-23(24)25/h9-11,13-14,21,23H,2-8,12,15-19H2,1H3/p+1. The van der Waals surface area contributed by atoms with E-state index in [2.05, 4.69) is 47.1 Å². The highest BCUT2D eigenvalue weighted by Crippen LogP contribution is 2.35. The van der Waals surface area contributed by atoms with Gasteiger partial charge in [0.1, 0.15) is 12.3 Å². The Hall–Kier alpha value is -1.04. The summed E-state index contributed by atoms with van der Waals surface area (Å²) >= 11 is 1.42. The van der Waals surface area contributed by atoms with E-state index in [1.54, 1.807) is 0 Å². The van der Waals surface area contributed by atoms with E-state index >= 15 is 0 Å². The topological polar surface area (TPSA) is 32.8 Å². The molecule has 2 aliphatic rings. The molecule has 0 aliphatic carbocycles. The van der Waals surface area contributed by atoms with E-state index in [-0.39, 0.29) is 5.97 Å². The van der Waals surface area contributed by atoms with E-state index in [9.17, 15) is 4.79 Å². The number of benzene rings is 1. The maximum atomic E-state index is 12.5. The van der Waals surface area contributed by atoms with Crippen LogP contribution in [-0.4, -0.2) is 53.3 Å². The van der Waals surface area contributed by atoms with Gasteiger partial charge in [-0.25, -0.2) is 9.80 Å². The summed E-state index contributed by atoms with van der Waals surface area (Å²) in [5, 5.41) is 0. The zero-order valence-corrected chi connectivity index (χ0v) is 18.3. The molecule has 0 spiro atoms. The average Bonchev–Trinajstić information content (AvgIpc) is 3.30. The van der Waals surface area contributed by atoms with Gasteiger partial charge in [-0.05, 0) is 12.0 Å². The van der Waals surface area contributed by atoms with Gasteiger partial charge >= 0.3 is 5.97 Å². The molecule has 5 heteroatoms. The third-order valence-electron chi connectivity index (χ3n) is 5.87. The van der Waals surface area contributed by atoms with Gasteiger partial charge in [-0.2, -0.15) is 0 Å². The molecule has 0 radical (unpaired) electrons. The first-order valence-corrected chi connectivity index (χ1v) is 12.3. The van der Waals surface area contributed by atoms with Gasteiger partial charge in [0.2, 0.25) is 5.50 Å². The number of rotatable bonds is 12. The van der Waals surface area contributed by atoms with Crippen LogP contribution in [0.15, 0.2) is 30.3 Å². The molecule has 0 saturated carbocycles. The molecule has 2 heterocycles. The lowest BCUT2D eigenvalue weighted by Crippen LogP contribution is -2.39. The van der Waals surface area contributed by atoms with Gasteiger partial charge in [-0.1, -0.05) is 82.2 Å². The monoisotopic (exact) mass is 405 g/mol. The summed E-state index contributed by atoms with van der Waals surface area (Å²) in [6.45, 7) is 5.39. The van der Waals surface area contributed by atoms with Gasteiger partial charge in [0.15, 0.2) is 0 Å². The van der Waals surface area contributed by atoms with Gasteiger partial charge in [-0.3, -0.25) is 4.79 Å². The number of thiol groups is 1. The first-order valence-electron chi connectivity index (χ1n) is 11.2. The number of carbonyl (C=O) groups is 1. The van der Waals surface area contributed by atoms with Crippen molar-refractivity contribution in [1.82, 2.24) is 9.80 Å². The second-order valence-electron chi connectivity index (χ2n) is 8.04. The zero-order chi connectivity index (χ0) is 19.6. The zero-order valence-electron chi connectivity index (χ0n) is 17.4. The predicted octanol–water partition coefficient (Wildman–Crippen LogP) is 4.14. The van der Waals surface area contributed by atoms with Crippen molar-refractivity contribution >= 4 is 17.7 Å². The fraction of sp³-hybridized carbons (Fsp3) is 0.696. The average molecular weight is 406 g/mol. The highest BCUT2D eigenvalue weighted by molar-refractivity contribution is 7.79. The van der Waals surface area contributed by atoms with Crippen LogP contribution in [0.4, 0.5) is 0 Å². The Balaban J connectivity index is 1.38. The number of fused-ring (bicyclic) bond motifs is 1. The summed E-state index contributed by atoms with van der Waals surface area (Å²) in [7, 11) is 0. The molecular formula is C23H37N2O2S+. The largest absolute Gasteiger partial charge is 0.465 e. The van der Waals surface area contributed by atoms with Crippen molar-refractivity contribution in [1.29, 1.82) is 0 Å². The second kappa shape index (κ2) is 11.8. The van der Waals surface area contributed by atoms with Crippen molar-refractivity contribution in [2.45, 2.75) is 69.8 Å². The number of unbranched alkanes of at least 4 members (excludes halogenated alkanes) is 7. The van der Waals surface area contributed by atoms with E-state index in [1.165, 1.54) is 68.0 Å². The molecule has 156 valence electrons.